The molecule has 1 saturated carbocycles. The van der Waals surface area contributed by atoms with E-state index in [1.807, 2.05) is 12.1 Å². The molecule has 2 nitrogen and oxygen atoms in total. The number of nitrogens with two attached hydrogens (primary N) is 1. The molecule has 0 amide bonds. The lowest BCUT2D eigenvalue weighted by Gasteiger charge is -2.25. The number of aromatic hydroxyl groups is 1. The summed E-state index contributed by atoms with van der Waals surface area (Å²) in [6.07, 6.45) is 5.01. The third kappa shape index (κ3) is 1.62. The summed E-state index contributed by atoms with van der Waals surface area (Å²) in [6, 6.07) is 5.51. The molecule has 0 bridgehead atoms. The van der Waals surface area contributed by atoms with Crippen molar-refractivity contribution in [3.63, 3.8) is 0 Å². The van der Waals surface area contributed by atoms with Crippen LogP contribution in [-0.2, 0) is 6.42 Å². The second kappa shape index (κ2) is 3.29. The van der Waals surface area contributed by atoms with Gasteiger partial charge in [0.05, 0.1) is 5.69 Å². The van der Waals surface area contributed by atoms with Crippen LogP contribution in [0.4, 0.5) is 5.69 Å². The fraction of sp³-hybridized carbons (Fsp3) is 0.455. The number of anilines is 1. The molecular weight excluding hydrogens is 162 g/mol. The summed E-state index contributed by atoms with van der Waals surface area (Å²) < 4.78 is 0. The van der Waals surface area contributed by atoms with Crippen molar-refractivity contribution in [2.45, 2.75) is 25.7 Å². The first-order valence-electron chi connectivity index (χ1n) is 4.83. The van der Waals surface area contributed by atoms with Gasteiger partial charge in [0.2, 0.25) is 0 Å². The summed E-state index contributed by atoms with van der Waals surface area (Å²) in [5.41, 5.74) is 7.43. The van der Waals surface area contributed by atoms with Crippen LogP contribution in [0.25, 0.3) is 0 Å². The van der Waals surface area contributed by atoms with E-state index in [9.17, 15) is 5.11 Å². The fourth-order valence-corrected chi connectivity index (χ4v) is 1.79. The van der Waals surface area contributed by atoms with Gasteiger partial charge in [-0.2, -0.15) is 0 Å². The third-order valence-corrected chi connectivity index (χ3v) is 2.91. The SMILES string of the molecule is Nc1c(O)cccc1CC1CCC1. The lowest BCUT2D eigenvalue weighted by Crippen LogP contribution is -2.14. The number of nitrogen functional groups attached to an aromatic ring is 1. The lowest BCUT2D eigenvalue weighted by atomic mass is 9.80. The van der Waals surface area contributed by atoms with E-state index in [1.165, 1.54) is 19.3 Å². The average Bonchev–Trinajstić information content (AvgIpc) is 2.04. The number of hydrogen-bond acceptors (Lipinski definition) is 2. The normalized spacial score (nSPS) is 16.9. The summed E-state index contributed by atoms with van der Waals surface area (Å²) in [4.78, 5) is 0. The standard InChI is InChI=1S/C11H15NO/c12-11-9(5-2-6-10(11)13)7-8-3-1-4-8/h2,5-6,8,13H,1,3-4,7,12H2. The molecule has 1 aromatic rings. The highest BCUT2D eigenvalue weighted by Gasteiger charge is 2.19. The Balaban J connectivity index is 2.14. The van der Waals surface area contributed by atoms with Crippen LogP contribution in [0.15, 0.2) is 18.2 Å². The number of para-hydroxylation sites is 1. The summed E-state index contributed by atoms with van der Waals surface area (Å²) >= 11 is 0. The molecule has 70 valence electrons. The Hall–Kier alpha value is -1.18. The fourth-order valence-electron chi connectivity index (χ4n) is 1.79. The van der Waals surface area contributed by atoms with Gasteiger partial charge in [-0.1, -0.05) is 31.4 Å². The zero-order valence-electron chi connectivity index (χ0n) is 7.66. The molecule has 2 heteroatoms. The number of rotatable bonds is 2. The maximum Gasteiger partial charge on any atom is 0.138 e. The van der Waals surface area contributed by atoms with Gasteiger partial charge < -0.3 is 10.8 Å². The van der Waals surface area contributed by atoms with Crippen molar-refractivity contribution in [2.24, 2.45) is 5.92 Å². The lowest BCUT2D eigenvalue weighted by molar-refractivity contribution is 0.314. The zero-order chi connectivity index (χ0) is 9.26. The van der Waals surface area contributed by atoms with E-state index in [-0.39, 0.29) is 5.75 Å². The monoisotopic (exact) mass is 177 g/mol. The molecule has 0 unspecified atom stereocenters. The molecule has 0 aliphatic heterocycles. The first-order chi connectivity index (χ1) is 6.27. The van der Waals surface area contributed by atoms with Crippen molar-refractivity contribution in [1.29, 1.82) is 0 Å². The van der Waals surface area contributed by atoms with E-state index >= 15 is 0 Å². The Bertz CT molecular complexity index is 305. The van der Waals surface area contributed by atoms with Gasteiger partial charge in [-0.05, 0) is 24.0 Å². The van der Waals surface area contributed by atoms with Crippen LogP contribution in [0, 0.1) is 5.92 Å². The van der Waals surface area contributed by atoms with Gasteiger partial charge in [-0.25, -0.2) is 0 Å². The highest BCUT2D eigenvalue weighted by molar-refractivity contribution is 5.57. The Kier molecular flexibility index (Phi) is 2.13. The predicted octanol–water partition coefficient (Wildman–Crippen LogP) is 2.32. The summed E-state index contributed by atoms with van der Waals surface area (Å²) in [5, 5.41) is 9.38. The number of phenols is 1. The van der Waals surface area contributed by atoms with Gasteiger partial charge in [0.1, 0.15) is 5.75 Å². The molecule has 1 aromatic carbocycles. The molecule has 0 aromatic heterocycles. The predicted molar refractivity (Wildman–Crippen MR) is 53.6 cm³/mol. The van der Waals surface area contributed by atoms with Crippen LogP contribution >= 0.6 is 0 Å². The Morgan fingerprint density at radius 3 is 2.77 bits per heavy atom. The van der Waals surface area contributed by atoms with E-state index < -0.39 is 0 Å². The van der Waals surface area contributed by atoms with Gasteiger partial charge in [0.15, 0.2) is 0 Å². The van der Waals surface area contributed by atoms with Gasteiger partial charge >= 0.3 is 0 Å². The Morgan fingerprint density at radius 1 is 1.38 bits per heavy atom. The highest BCUT2D eigenvalue weighted by atomic mass is 16.3. The molecule has 0 spiro atoms. The minimum atomic E-state index is 0.219. The van der Waals surface area contributed by atoms with Crippen molar-refractivity contribution in [3.8, 4) is 5.75 Å². The van der Waals surface area contributed by atoms with Crippen molar-refractivity contribution < 1.29 is 5.11 Å². The van der Waals surface area contributed by atoms with Crippen molar-refractivity contribution in [1.82, 2.24) is 0 Å². The molecule has 0 radical (unpaired) electrons. The molecule has 1 fully saturated rings. The molecule has 0 saturated heterocycles. The molecule has 0 heterocycles. The minimum absolute atomic E-state index is 0.219. The Labute approximate surface area is 78.4 Å². The van der Waals surface area contributed by atoms with E-state index in [2.05, 4.69) is 0 Å². The maximum atomic E-state index is 9.38. The van der Waals surface area contributed by atoms with Crippen LogP contribution in [0.2, 0.25) is 0 Å². The van der Waals surface area contributed by atoms with Crippen LogP contribution in [0.3, 0.4) is 0 Å². The van der Waals surface area contributed by atoms with E-state index in [1.54, 1.807) is 6.07 Å². The molecule has 3 N–H and O–H groups in total. The summed E-state index contributed by atoms with van der Waals surface area (Å²) in [7, 11) is 0. The summed E-state index contributed by atoms with van der Waals surface area (Å²) in [6.45, 7) is 0. The van der Waals surface area contributed by atoms with Crippen LogP contribution in [0.1, 0.15) is 24.8 Å². The molecule has 2 rings (SSSR count). The maximum absolute atomic E-state index is 9.38. The minimum Gasteiger partial charge on any atom is -0.506 e. The van der Waals surface area contributed by atoms with Gasteiger partial charge in [-0.15, -0.1) is 0 Å². The highest BCUT2D eigenvalue weighted by Crippen LogP contribution is 2.33. The third-order valence-electron chi connectivity index (χ3n) is 2.91. The summed E-state index contributed by atoms with van der Waals surface area (Å²) in [5.74, 6) is 1.01. The van der Waals surface area contributed by atoms with Crippen LogP contribution < -0.4 is 5.73 Å². The van der Waals surface area contributed by atoms with E-state index in [0.29, 0.717) is 5.69 Å². The smallest absolute Gasteiger partial charge is 0.138 e. The Morgan fingerprint density at radius 2 is 2.15 bits per heavy atom. The van der Waals surface area contributed by atoms with Gasteiger partial charge in [0.25, 0.3) is 0 Å². The molecule has 1 aliphatic rings. The van der Waals surface area contributed by atoms with Crippen molar-refractivity contribution in [2.75, 3.05) is 5.73 Å². The first-order valence-corrected chi connectivity index (χ1v) is 4.83. The van der Waals surface area contributed by atoms with Crippen LogP contribution in [0.5, 0.6) is 5.75 Å². The van der Waals surface area contributed by atoms with Gasteiger partial charge in [-0.3, -0.25) is 0 Å². The second-order valence-electron chi connectivity index (χ2n) is 3.85. The largest absolute Gasteiger partial charge is 0.506 e. The van der Waals surface area contributed by atoms with Crippen molar-refractivity contribution >= 4 is 5.69 Å². The number of benzene rings is 1. The quantitative estimate of drug-likeness (QED) is 0.538. The van der Waals surface area contributed by atoms with E-state index in [4.69, 9.17) is 5.73 Å². The first kappa shape index (κ1) is 8.42. The topological polar surface area (TPSA) is 46.2 Å². The second-order valence-corrected chi connectivity index (χ2v) is 3.85. The van der Waals surface area contributed by atoms with E-state index in [0.717, 1.165) is 17.9 Å². The molecule has 1 aliphatic carbocycles. The zero-order valence-corrected chi connectivity index (χ0v) is 7.66. The number of phenolic OH excluding ortho intramolecular Hbond substituents is 1. The molecular formula is C11H15NO. The molecule has 13 heavy (non-hydrogen) atoms. The molecule has 0 atom stereocenters. The number of hydrogen-bond donors (Lipinski definition) is 2. The van der Waals surface area contributed by atoms with Crippen molar-refractivity contribution in [3.05, 3.63) is 23.8 Å². The average molecular weight is 177 g/mol. The van der Waals surface area contributed by atoms with Gasteiger partial charge in [0, 0.05) is 0 Å². The van der Waals surface area contributed by atoms with Crippen LogP contribution in [-0.4, -0.2) is 5.11 Å².